The Hall–Kier alpha value is -1.99. The van der Waals surface area contributed by atoms with Crippen molar-refractivity contribution in [2.24, 2.45) is 5.92 Å². The van der Waals surface area contributed by atoms with E-state index in [4.69, 9.17) is 9.84 Å². The second kappa shape index (κ2) is 7.93. The van der Waals surface area contributed by atoms with E-state index < -0.39 is 11.6 Å². The second-order valence-corrected chi connectivity index (χ2v) is 7.78. The number of piperidine rings is 1. The van der Waals surface area contributed by atoms with Crippen LogP contribution in [0.1, 0.15) is 40.0 Å². The summed E-state index contributed by atoms with van der Waals surface area (Å²) in [6.07, 6.45) is 2.43. The fourth-order valence-electron chi connectivity index (χ4n) is 3.22. The van der Waals surface area contributed by atoms with Crippen molar-refractivity contribution in [2.75, 3.05) is 39.3 Å². The summed E-state index contributed by atoms with van der Waals surface area (Å²) in [6.45, 7) is 8.41. The maximum atomic E-state index is 12.1. The summed E-state index contributed by atoms with van der Waals surface area (Å²) in [5.41, 5.74) is -0.480. The number of carboxylic acid groups (broad SMARTS) is 1. The van der Waals surface area contributed by atoms with Crippen molar-refractivity contribution in [1.29, 1.82) is 0 Å². The Balaban J connectivity index is 1.70. The first-order chi connectivity index (χ1) is 11.7. The molecule has 0 bridgehead atoms. The first kappa shape index (κ1) is 19.3. The molecule has 0 saturated carbocycles. The van der Waals surface area contributed by atoms with Gasteiger partial charge in [-0.1, -0.05) is 0 Å². The number of amides is 3. The van der Waals surface area contributed by atoms with Gasteiger partial charge < -0.3 is 24.5 Å². The molecule has 3 amide bonds. The number of nitrogens with zero attached hydrogens (tertiary/aromatic N) is 3. The first-order valence-corrected chi connectivity index (χ1v) is 8.89. The van der Waals surface area contributed by atoms with Crippen LogP contribution in [0.3, 0.4) is 0 Å². The summed E-state index contributed by atoms with van der Waals surface area (Å²) in [7, 11) is 0. The molecule has 2 rings (SSSR count). The molecule has 2 aliphatic rings. The summed E-state index contributed by atoms with van der Waals surface area (Å²) in [5.74, 6) is -0.510. The third-order valence-corrected chi connectivity index (χ3v) is 4.58. The summed E-state index contributed by atoms with van der Waals surface area (Å²) in [4.78, 5) is 39.7. The third kappa shape index (κ3) is 5.79. The van der Waals surface area contributed by atoms with E-state index >= 15 is 0 Å². The zero-order chi connectivity index (χ0) is 18.6. The molecule has 8 nitrogen and oxygen atoms in total. The number of carbonyl (C=O) groups excluding carboxylic acids is 2. The Kier molecular flexibility index (Phi) is 6.13. The van der Waals surface area contributed by atoms with E-state index in [1.165, 1.54) is 4.90 Å². The van der Waals surface area contributed by atoms with Gasteiger partial charge in [0.15, 0.2) is 0 Å². The van der Waals surface area contributed by atoms with E-state index in [-0.39, 0.29) is 18.7 Å². The van der Waals surface area contributed by atoms with Crippen LogP contribution in [0.15, 0.2) is 0 Å². The molecule has 25 heavy (non-hydrogen) atoms. The van der Waals surface area contributed by atoms with Gasteiger partial charge in [-0.05, 0) is 46.0 Å². The Bertz CT molecular complexity index is 509. The van der Waals surface area contributed by atoms with E-state index in [9.17, 15) is 14.4 Å². The molecule has 0 radical (unpaired) electrons. The average Bonchev–Trinajstić information content (AvgIpc) is 2.84. The van der Waals surface area contributed by atoms with E-state index in [2.05, 4.69) is 0 Å². The topological polar surface area (TPSA) is 90.4 Å². The molecule has 2 heterocycles. The smallest absolute Gasteiger partial charge is 0.410 e. The van der Waals surface area contributed by atoms with Crippen molar-refractivity contribution in [2.45, 2.75) is 45.6 Å². The van der Waals surface area contributed by atoms with Crippen LogP contribution in [-0.4, -0.2) is 82.8 Å². The van der Waals surface area contributed by atoms with Crippen molar-refractivity contribution in [3.8, 4) is 0 Å². The van der Waals surface area contributed by atoms with Crippen LogP contribution in [0.25, 0.3) is 0 Å². The molecule has 0 aromatic rings. The maximum absolute atomic E-state index is 12.1. The minimum absolute atomic E-state index is 0.186. The van der Waals surface area contributed by atoms with Gasteiger partial charge in [-0.15, -0.1) is 0 Å². The minimum atomic E-state index is -0.982. The van der Waals surface area contributed by atoms with Crippen LogP contribution in [-0.2, 0) is 9.53 Å². The van der Waals surface area contributed by atoms with E-state index in [0.29, 0.717) is 38.6 Å². The number of urea groups is 1. The lowest BCUT2D eigenvalue weighted by molar-refractivity contribution is -0.137. The Morgan fingerprint density at radius 2 is 1.72 bits per heavy atom. The van der Waals surface area contributed by atoms with Gasteiger partial charge in [0.1, 0.15) is 12.1 Å². The van der Waals surface area contributed by atoms with Crippen molar-refractivity contribution in [1.82, 2.24) is 14.7 Å². The van der Waals surface area contributed by atoms with Crippen molar-refractivity contribution in [3.63, 3.8) is 0 Å². The maximum Gasteiger partial charge on any atom is 0.410 e. The number of hydrogen-bond acceptors (Lipinski definition) is 4. The molecule has 0 unspecified atom stereocenters. The van der Waals surface area contributed by atoms with Crippen LogP contribution in [0.2, 0.25) is 0 Å². The molecule has 0 aliphatic carbocycles. The third-order valence-electron chi connectivity index (χ3n) is 4.58. The molecule has 0 atom stereocenters. The van der Waals surface area contributed by atoms with Crippen LogP contribution in [0, 0.1) is 5.92 Å². The second-order valence-electron chi connectivity index (χ2n) is 7.78. The standard InChI is InChI=1S/C17H29N3O5/c1-17(2,3)25-16(24)19-8-5-13(6-9-19)4-7-18-10-11-20(15(18)23)12-14(21)22/h13H,4-12H2,1-3H3,(H,21,22). The Morgan fingerprint density at radius 3 is 2.28 bits per heavy atom. The monoisotopic (exact) mass is 355 g/mol. The minimum Gasteiger partial charge on any atom is -0.480 e. The first-order valence-electron chi connectivity index (χ1n) is 8.89. The van der Waals surface area contributed by atoms with Crippen molar-refractivity contribution < 1.29 is 24.2 Å². The number of ether oxygens (including phenoxy) is 1. The summed E-state index contributed by atoms with van der Waals surface area (Å²) >= 11 is 0. The normalized spacial score (nSPS) is 19.5. The van der Waals surface area contributed by atoms with Gasteiger partial charge in [0.2, 0.25) is 0 Å². The Morgan fingerprint density at radius 1 is 1.12 bits per heavy atom. The highest BCUT2D eigenvalue weighted by Gasteiger charge is 2.31. The molecule has 142 valence electrons. The summed E-state index contributed by atoms with van der Waals surface area (Å²) in [6, 6.07) is -0.186. The van der Waals surface area contributed by atoms with Crippen LogP contribution in [0.4, 0.5) is 9.59 Å². The van der Waals surface area contributed by atoms with Gasteiger partial charge in [-0.3, -0.25) is 4.79 Å². The lowest BCUT2D eigenvalue weighted by Crippen LogP contribution is -2.42. The fraction of sp³-hybridized carbons (Fsp3) is 0.824. The molecular weight excluding hydrogens is 326 g/mol. The zero-order valence-electron chi connectivity index (χ0n) is 15.4. The highest BCUT2D eigenvalue weighted by Crippen LogP contribution is 2.23. The lowest BCUT2D eigenvalue weighted by Gasteiger charge is -2.34. The summed E-state index contributed by atoms with van der Waals surface area (Å²) in [5, 5.41) is 8.80. The summed E-state index contributed by atoms with van der Waals surface area (Å²) < 4.78 is 5.39. The number of rotatable bonds is 5. The SMILES string of the molecule is CC(C)(C)OC(=O)N1CCC(CCN2CCN(CC(=O)O)C2=O)CC1. The van der Waals surface area contributed by atoms with Gasteiger partial charge in [0.05, 0.1) is 0 Å². The predicted molar refractivity (Wildman–Crippen MR) is 91.3 cm³/mol. The number of carbonyl (C=O) groups is 3. The van der Waals surface area contributed by atoms with Gasteiger partial charge >= 0.3 is 18.1 Å². The van der Waals surface area contributed by atoms with Crippen LogP contribution >= 0.6 is 0 Å². The highest BCUT2D eigenvalue weighted by molar-refractivity contribution is 5.81. The van der Waals surface area contributed by atoms with Gasteiger partial charge in [-0.25, -0.2) is 9.59 Å². The molecular formula is C17H29N3O5. The van der Waals surface area contributed by atoms with Crippen LogP contribution < -0.4 is 0 Å². The molecule has 2 saturated heterocycles. The quantitative estimate of drug-likeness (QED) is 0.813. The number of carboxylic acids is 1. The number of aliphatic carboxylic acids is 1. The number of hydrogen-bond donors (Lipinski definition) is 1. The van der Waals surface area contributed by atoms with Gasteiger partial charge in [-0.2, -0.15) is 0 Å². The zero-order valence-corrected chi connectivity index (χ0v) is 15.4. The molecule has 0 aromatic heterocycles. The molecule has 8 heteroatoms. The molecule has 2 fully saturated rings. The van der Waals surface area contributed by atoms with Gasteiger partial charge in [0.25, 0.3) is 0 Å². The molecule has 0 spiro atoms. The largest absolute Gasteiger partial charge is 0.480 e. The van der Waals surface area contributed by atoms with Gasteiger partial charge in [0, 0.05) is 32.7 Å². The highest BCUT2D eigenvalue weighted by atomic mass is 16.6. The van der Waals surface area contributed by atoms with Crippen molar-refractivity contribution in [3.05, 3.63) is 0 Å². The fourth-order valence-corrected chi connectivity index (χ4v) is 3.22. The predicted octanol–water partition coefficient (Wildman–Crippen LogP) is 1.85. The number of likely N-dealkylation sites (tertiary alicyclic amines) is 1. The van der Waals surface area contributed by atoms with E-state index in [0.717, 1.165) is 19.3 Å². The molecule has 2 aliphatic heterocycles. The molecule has 1 N–H and O–H groups in total. The average molecular weight is 355 g/mol. The van der Waals surface area contributed by atoms with Crippen LogP contribution in [0.5, 0.6) is 0 Å². The Labute approximate surface area is 148 Å². The van der Waals surface area contributed by atoms with E-state index in [1.54, 1.807) is 9.80 Å². The lowest BCUT2D eigenvalue weighted by atomic mass is 9.93. The molecule has 0 aromatic carbocycles. The van der Waals surface area contributed by atoms with E-state index in [1.807, 2.05) is 20.8 Å². The van der Waals surface area contributed by atoms with Crippen molar-refractivity contribution >= 4 is 18.1 Å².